The number of aromatic amines is 1. The van der Waals surface area contributed by atoms with Crippen molar-refractivity contribution in [2.45, 2.75) is 23.7 Å². The van der Waals surface area contributed by atoms with Gasteiger partial charge in [-0.3, -0.25) is 9.89 Å². The first kappa shape index (κ1) is 19.7. The summed E-state index contributed by atoms with van der Waals surface area (Å²) < 4.78 is 28.1. The largest absolute Gasteiger partial charge is 0.384 e. The minimum Gasteiger partial charge on any atom is -0.384 e. The first-order chi connectivity index (χ1) is 14.8. The zero-order valence-electron chi connectivity index (χ0n) is 16.9. The number of sulfonamides is 1. The molecule has 9 nitrogen and oxygen atoms in total. The van der Waals surface area contributed by atoms with Crippen LogP contribution in [0, 0.1) is 0 Å². The molecule has 31 heavy (non-hydrogen) atoms. The van der Waals surface area contributed by atoms with E-state index in [2.05, 4.69) is 15.2 Å². The monoisotopic (exact) mass is 438 g/mol. The van der Waals surface area contributed by atoms with Gasteiger partial charge in [-0.2, -0.15) is 9.40 Å². The molecule has 2 aliphatic rings. The molecule has 3 N–H and O–H groups in total. The Kier molecular flexibility index (Phi) is 4.56. The van der Waals surface area contributed by atoms with Crippen LogP contribution < -0.4 is 10.6 Å². The van der Waals surface area contributed by atoms with Gasteiger partial charge >= 0.3 is 0 Å². The van der Waals surface area contributed by atoms with Gasteiger partial charge in [-0.05, 0) is 47.9 Å². The fraction of sp³-hybridized carbons (Fsp3) is 0.286. The van der Waals surface area contributed by atoms with Crippen molar-refractivity contribution in [1.82, 2.24) is 19.5 Å². The van der Waals surface area contributed by atoms with Gasteiger partial charge in [0.15, 0.2) is 0 Å². The second-order valence-electron chi connectivity index (χ2n) is 7.94. The number of anilines is 2. The highest BCUT2D eigenvalue weighted by Gasteiger charge is 2.36. The molecule has 4 heterocycles. The molecule has 1 aromatic carbocycles. The van der Waals surface area contributed by atoms with E-state index in [1.165, 1.54) is 4.31 Å². The SMILES string of the molecule is CN1C(=O)Cc2cc(S(=O)(=O)N3CC[C@H](c4[nH]ncc4-c4ccnc(N)c4)C3)ccc21. The van der Waals surface area contributed by atoms with Gasteiger partial charge in [-0.25, -0.2) is 13.4 Å². The van der Waals surface area contributed by atoms with Crippen LogP contribution in [-0.4, -0.2) is 53.9 Å². The molecule has 1 atom stereocenters. The van der Waals surface area contributed by atoms with Crippen molar-refractivity contribution in [2.75, 3.05) is 30.8 Å². The average molecular weight is 439 g/mol. The standard InChI is InChI=1S/C21H22N6O3S/c1-26-18-3-2-16(8-15(18)10-20(26)28)31(29,30)27-7-5-14(12-27)21-17(11-24-25-21)13-4-6-23-19(22)9-13/h2-4,6,8-9,11,14H,5,7,10,12H2,1H3,(H2,22,23)(H,24,25)/t14-/m0/s1. The van der Waals surface area contributed by atoms with Crippen LogP contribution in [0.5, 0.6) is 0 Å². The highest BCUT2D eigenvalue weighted by molar-refractivity contribution is 7.89. The van der Waals surface area contributed by atoms with E-state index in [-0.39, 0.29) is 23.1 Å². The molecule has 0 saturated carbocycles. The number of rotatable bonds is 4. The summed E-state index contributed by atoms with van der Waals surface area (Å²) in [5.41, 5.74) is 10.0. The molecule has 0 spiro atoms. The molecule has 0 bridgehead atoms. The van der Waals surface area contributed by atoms with E-state index in [4.69, 9.17) is 5.73 Å². The Morgan fingerprint density at radius 3 is 2.87 bits per heavy atom. The van der Waals surface area contributed by atoms with Gasteiger partial charge in [0.1, 0.15) is 5.82 Å². The number of nitrogens with one attached hydrogen (secondary N) is 1. The van der Waals surface area contributed by atoms with Gasteiger partial charge in [-0.15, -0.1) is 0 Å². The molecule has 3 aromatic rings. The van der Waals surface area contributed by atoms with Crippen molar-refractivity contribution < 1.29 is 13.2 Å². The Morgan fingerprint density at radius 1 is 1.23 bits per heavy atom. The number of nitrogens with zero attached hydrogens (tertiary/aromatic N) is 4. The molecule has 0 radical (unpaired) electrons. The third-order valence-corrected chi connectivity index (χ3v) is 7.95. The molecule has 2 aliphatic heterocycles. The second kappa shape index (κ2) is 7.17. The van der Waals surface area contributed by atoms with Crippen molar-refractivity contribution in [3.63, 3.8) is 0 Å². The molecule has 10 heteroatoms. The van der Waals surface area contributed by atoms with E-state index in [0.29, 0.717) is 25.3 Å². The fourth-order valence-electron chi connectivity index (χ4n) is 4.39. The fourth-order valence-corrected chi connectivity index (χ4v) is 5.94. The number of likely N-dealkylation sites (N-methyl/N-ethyl adjacent to an activating group) is 1. The summed E-state index contributed by atoms with van der Waals surface area (Å²) >= 11 is 0. The number of carbonyl (C=O) groups is 1. The minimum atomic E-state index is -3.66. The van der Waals surface area contributed by atoms with E-state index in [1.807, 2.05) is 6.07 Å². The molecular weight excluding hydrogens is 416 g/mol. The van der Waals surface area contributed by atoms with Crippen molar-refractivity contribution in [3.05, 3.63) is 54.0 Å². The number of nitrogen functional groups attached to an aromatic ring is 1. The molecular formula is C21H22N6O3S. The molecule has 0 aliphatic carbocycles. The van der Waals surface area contributed by atoms with Crippen molar-refractivity contribution in [3.8, 4) is 11.1 Å². The number of hydrogen-bond donors (Lipinski definition) is 2. The number of aromatic nitrogens is 3. The number of amides is 1. The number of nitrogens with two attached hydrogens (primary N) is 1. The number of hydrogen-bond acceptors (Lipinski definition) is 6. The van der Waals surface area contributed by atoms with Gasteiger partial charge < -0.3 is 10.6 Å². The number of benzene rings is 1. The Labute approximate surface area is 179 Å². The minimum absolute atomic E-state index is 0.0104. The van der Waals surface area contributed by atoms with Crippen LogP contribution >= 0.6 is 0 Å². The van der Waals surface area contributed by atoms with E-state index in [0.717, 1.165) is 28.1 Å². The lowest BCUT2D eigenvalue weighted by atomic mass is 9.97. The third kappa shape index (κ3) is 3.28. The van der Waals surface area contributed by atoms with Gasteiger partial charge in [-0.1, -0.05) is 0 Å². The van der Waals surface area contributed by atoms with E-state index in [1.54, 1.807) is 48.6 Å². The average Bonchev–Trinajstić information content (AvgIpc) is 3.47. The van der Waals surface area contributed by atoms with Crippen molar-refractivity contribution in [2.24, 2.45) is 0 Å². The normalized spacial score (nSPS) is 19.2. The first-order valence-electron chi connectivity index (χ1n) is 9.99. The van der Waals surface area contributed by atoms with E-state index >= 15 is 0 Å². The van der Waals surface area contributed by atoms with Crippen LogP contribution in [0.4, 0.5) is 11.5 Å². The van der Waals surface area contributed by atoms with Crippen molar-refractivity contribution in [1.29, 1.82) is 0 Å². The van der Waals surface area contributed by atoms with Gasteiger partial charge in [0.25, 0.3) is 0 Å². The van der Waals surface area contributed by atoms with Crippen molar-refractivity contribution >= 4 is 27.4 Å². The smallest absolute Gasteiger partial charge is 0.243 e. The van der Waals surface area contributed by atoms with Gasteiger partial charge in [0, 0.05) is 49.2 Å². The topological polar surface area (TPSA) is 125 Å². The quantitative estimate of drug-likeness (QED) is 0.639. The predicted molar refractivity (Wildman–Crippen MR) is 116 cm³/mol. The first-order valence-corrected chi connectivity index (χ1v) is 11.4. The molecule has 1 amide bonds. The van der Waals surface area contributed by atoms with Crippen LogP contribution in [0.1, 0.15) is 23.6 Å². The lowest BCUT2D eigenvalue weighted by molar-refractivity contribution is -0.117. The summed E-state index contributed by atoms with van der Waals surface area (Å²) in [7, 11) is -1.96. The number of pyridine rings is 1. The Bertz CT molecular complexity index is 1290. The second-order valence-corrected chi connectivity index (χ2v) is 9.87. The molecule has 5 rings (SSSR count). The lowest BCUT2D eigenvalue weighted by Gasteiger charge is -2.18. The van der Waals surface area contributed by atoms with Crippen LogP contribution in [0.3, 0.4) is 0 Å². The van der Waals surface area contributed by atoms with Crippen LogP contribution in [-0.2, 0) is 21.2 Å². The summed E-state index contributed by atoms with van der Waals surface area (Å²) in [5.74, 6) is 0.374. The maximum atomic E-state index is 13.3. The summed E-state index contributed by atoms with van der Waals surface area (Å²) in [6.45, 7) is 0.772. The zero-order valence-corrected chi connectivity index (χ0v) is 17.8. The van der Waals surface area contributed by atoms with Gasteiger partial charge in [0.05, 0.1) is 17.5 Å². The summed E-state index contributed by atoms with van der Waals surface area (Å²) in [5, 5.41) is 7.23. The van der Waals surface area contributed by atoms with Gasteiger partial charge in [0.2, 0.25) is 15.9 Å². The maximum absolute atomic E-state index is 13.3. The molecule has 160 valence electrons. The highest BCUT2D eigenvalue weighted by atomic mass is 32.2. The summed E-state index contributed by atoms with van der Waals surface area (Å²) in [6.07, 6.45) is 4.28. The molecule has 1 fully saturated rings. The van der Waals surface area contributed by atoms with Crippen LogP contribution in [0.15, 0.2) is 47.6 Å². The maximum Gasteiger partial charge on any atom is 0.243 e. The van der Waals surface area contributed by atoms with E-state index in [9.17, 15) is 13.2 Å². The lowest BCUT2D eigenvalue weighted by Crippen LogP contribution is -2.28. The molecule has 0 unspecified atom stereocenters. The van der Waals surface area contributed by atoms with Crippen LogP contribution in [0.25, 0.3) is 11.1 Å². The Morgan fingerprint density at radius 2 is 2.06 bits per heavy atom. The zero-order chi connectivity index (χ0) is 21.8. The Balaban J connectivity index is 1.40. The molecule has 1 saturated heterocycles. The summed E-state index contributed by atoms with van der Waals surface area (Å²) in [4.78, 5) is 17.7. The number of carbonyl (C=O) groups excluding carboxylic acids is 1. The highest BCUT2D eigenvalue weighted by Crippen LogP contribution is 2.37. The Hall–Kier alpha value is -3.24. The van der Waals surface area contributed by atoms with Crippen LogP contribution in [0.2, 0.25) is 0 Å². The molecule has 2 aromatic heterocycles. The number of fused-ring (bicyclic) bond motifs is 1. The van der Waals surface area contributed by atoms with E-state index < -0.39 is 10.0 Å². The third-order valence-electron chi connectivity index (χ3n) is 6.09. The number of H-pyrrole nitrogens is 1. The predicted octanol–water partition coefficient (Wildman–Crippen LogP) is 1.75. The summed E-state index contributed by atoms with van der Waals surface area (Å²) in [6, 6.07) is 8.55.